The number of halogens is 1. The summed E-state index contributed by atoms with van der Waals surface area (Å²) in [6, 6.07) is 0. The van der Waals surface area contributed by atoms with Crippen LogP contribution in [0.1, 0.15) is 13.8 Å². The highest BCUT2D eigenvalue weighted by Crippen LogP contribution is 2.53. The molecule has 0 N–H and O–H groups in total. The molecule has 0 aromatic carbocycles. The van der Waals surface area contributed by atoms with E-state index < -0.39 is 32.7 Å². The van der Waals surface area contributed by atoms with Gasteiger partial charge in [0.25, 0.3) is 0 Å². The van der Waals surface area contributed by atoms with Crippen molar-refractivity contribution < 1.29 is 45.8 Å². The Morgan fingerprint density at radius 2 is 1.50 bits per heavy atom. The van der Waals surface area contributed by atoms with Crippen molar-refractivity contribution >= 4 is 16.9 Å². The third-order valence-electron chi connectivity index (χ3n) is 1.45. The second-order valence-corrected chi connectivity index (χ2v) is 11.9. The molecule has 0 aliphatic heterocycles. The molecule has 112 valence electrons. The second kappa shape index (κ2) is 5.82. The highest BCUT2D eigenvalue weighted by molar-refractivity contribution is 8.18. The summed E-state index contributed by atoms with van der Waals surface area (Å²) < 4.78 is 69.6. The van der Waals surface area contributed by atoms with Gasteiger partial charge in [0, 0.05) is 12.5 Å². The molecule has 0 aliphatic carbocycles. The molecule has 0 aromatic heterocycles. The summed E-state index contributed by atoms with van der Waals surface area (Å²) in [5.74, 6) is 0. The van der Waals surface area contributed by atoms with Gasteiger partial charge in [-0.15, -0.1) is 0 Å². The minimum atomic E-state index is -4.91. The van der Waals surface area contributed by atoms with Gasteiger partial charge in [0.2, 0.25) is 0 Å². The molecule has 0 fully saturated rings. The van der Waals surface area contributed by atoms with Crippen LogP contribution in [0.15, 0.2) is 0 Å². The highest BCUT2D eigenvalue weighted by Gasteiger charge is 2.45. The predicted octanol–water partition coefficient (Wildman–Crippen LogP) is -1.88. The second-order valence-electron chi connectivity index (χ2n) is 3.97. The quantitative estimate of drug-likeness (QED) is 0.473. The van der Waals surface area contributed by atoms with E-state index in [0.29, 0.717) is 0 Å². The minimum absolute atomic E-state index is 0.0159. The molecule has 0 radical (unpaired) electrons. The van der Waals surface area contributed by atoms with Crippen LogP contribution < -0.4 is 14.0 Å². The van der Waals surface area contributed by atoms with E-state index in [1.807, 2.05) is 0 Å². The molecular weight excluding hydrogens is 311 g/mol. The number of hydrogen-bond donors (Lipinski definition) is 0. The van der Waals surface area contributed by atoms with Crippen LogP contribution in [0, 0.1) is 10.2 Å². The van der Waals surface area contributed by atoms with Crippen molar-refractivity contribution in [3.05, 3.63) is 0 Å². The van der Waals surface area contributed by atoms with Crippen molar-refractivity contribution in [3.8, 4) is 0 Å². The van der Waals surface area contributed by atoms with Crippen molar-refractivity contribution in [2.24, 2.45) is 0 Å². The van der Waals surface area contributed by atoms with Gasteiger partial charge >= 0.3 is 7.60 Å². The largest absolute Gasteiger partial charge is 0.349 e. The topological polar surface area (TPSA) is 131 Å². The van der Waals surface area contributed by atoms with Gasteiger partial charge in [0.15, 0.2) is 3.74 Å². The Morgan fingerprint density at radius 1 is 1.11 bits per heavy atom. The molecule has 0 unspecified atom stereocenters. The van der Waals surface area contributed by atoms with Crippen LogP contribution in [0.25, 0.3) is 0 Å². The van der Waals surface area contributed by atoms with Crippen LogP contribution in [0.3, 0.4) is 0 Å². The smallest absolute Gasteiger partial charge is 0.308 e. The lowest BCUT2D eigenvalue weighted by Crippen LogP contribution is -2.65. The van der Waals surface area contributed by atoms with Crippen LogP contribution in [0.4, 0.5) is 0 Å². The first kappa shape index (κ1) is 18.4. The minimum Gasteiger partial charge on any atom is -0.308 e. The summed E-state index contributed by atoms with van der Waals surface area (Å²) in [7, 11) is -13.1. The fourth-order valence-electron chi connectivity index (χ4n) is 1.21. The fraction of sp³-hybridized carbons (Fsp3) is 1.00. The lowest BCUT2D eigenvalue weighted by atomic mass is 10.9. The summed E-state index contributed by atoms with van der Waals surface area (Å²) in [6.07, 6.45) is 1.79. The Balaban J connectivity index is 5.12. The Morgan fingerprint density at radius 3 is 1.78 bits per heavy atom. The van der Waals surface area contributed by atoms with Gasteiger partial charge < -0.3 is 9.05 Å². The molecule has 0 saturated heterocycles. The van der Waals surface area contributed by atoms with E-state index in [0.717, 1.165) is 12.5 Å². The Bertz CT molecular complexity index is 375. The predicted molar refractivity (Wildman–Crippen MR) is 56.8 cm³/mol. The Kier molecular flexibility index (Phi) is 5.96. The van der Waals surface area contributed by atoms with Gasteiger partial charge in [-0.05, 0) is 13.8 Å². The maximum atomic E-state index is 12.2. The molecule has 0 amide bonds. The monoisotopic (exact) mass is 328 g/mol. The molecule has 0 spiro atoms. The van der Waals surface area contributed by atoms with E-state index in [9.17, 15) is 22.8 Å². The fourth-order valence-corrected chi connectivity index (χ4v) is 8.67. The Labute approximate surface area is 108 Å². The van der Waals surface area contributed by atoms with Gasteiger partial charge in [-0.3, -0.25) is 4.57 Å². The van der Waals surface area contributed by atoms with E-state index in [2.05, 4.69) is 3.74 Å². The zero-order valence-corrected chi connectivity index (χ0v) is 13.1. The van der Waals surface area contributed by atoms with Crippen molar-refractivity contribution in [2.45, 2.75) is 13.8 Å². The first-order chi connectivity index (χ1) is 7.80. The van der Waals surface area contributed by atoms with Crippen LogP contribution in [-0.4, -0.2) is 35.4 Å². The van der Waals surface area contributed by atoms with Gasteiger partial charge in [0.05, 0.1) is 13.2 Å². The molecule has 0 bridgehead atoms. The van der Waals surface area contributed by atoms with Crippen LogP contribution in [-0.2, 0) is 26.7 Å². The summed E-state index contributed by atoms with van der Waals surface area (Å²) in [4.78, 5) is 0. The van der Waals surface area contributed by atoms with Crippen LogP contribution in [0.5, 0.6) is 0 Å². The van der Waals surface area contributed by atoms with E-state index in [4.69, 9.17) is 9.05 Å². The van der Waals surface area contributed by atoms with Crippen molar-refractivity contribution in [2.75, 3.05) is 31.2 Å². The summed E-state index contributed by atoms with van der Waals surface area (Å²) >= 11 is 0. The summed E-state index contributed by atoms with van der Waals surface area (Å²) in [5.41, 5.74) is -0.805. The van der Waals surface area contributed by atoms with Crippen molar-refractivity contribution in [1.82, 2.24) is 0 Å². The number of hydrogen-bond acceptors (Lipinski definition) is 8. The summed E-state index contributed by atoms with van der Waals surface area (Å²) in [5, 5.41) is 0. The standard InChI is InChI=1S/C7H18ClO8PS/c1-5-14-17(12,15-6-2)7-18(3,4,13)16-8(9,10)11/h5-7H2,1-4H3. The lowest BCUT2D eigenvalue weighted by Gasteiger charge is -2.35. The van der Waals surface area contributed by atoms with Gasteiger partial charge in [0.1, 0.15) is 15.7 Å². The first-order valence-electron chi connectivity index (χ1n) is 4.91. The maximum absolute atomic E-state index is 12.2. The molecule has 0 aromatic rings. The average molecular weight is 329 g/mol. The highest BCUT2D eigenvalue weighted by atomic mass is 35.7. The zero-order chi connectivity index (χ0) is 14.7. The molecule has 18 heavy (non-hydrogen) atoms. The molecule has 0 rings (SSSR count). The van der Waals surface area contributed by atoms with Gasteiger partial charge in [-0.25, -0.2) is 0 Å². The van der Waals surface area contributed by atoms with Crippen LogP contribution >= 0.6 is 7.60 Å². The average Bonchev–Trinajstić information content (AvgIpc) is 1.94. The zero-order valence-electron chi connectivity index (χ0n) is 10.6. The van der Waals surface area contributed by atoms with E-state index in [1.54, 1.807) is 0 Å². The van der Waals surface area contributed by atoms with Crippen molar-refractivity contribution in [1.29, 1.82) is 0 Å². The number of rotatable bonds is 8. The SMILES string of the molecule is CCOP(=O)(CS(C)(C)(=O)O[Cl+3]([O-])([O-])[O-])OCC. The molecule has 0 saturated carbocycles. The third-order valence-corrected chi connectivity index (χ3v) is 9.11. The summed E-state index contributed by atoms with van der Waals surface area (Å²) in [6.45, 7) is 3.11. The van der Waals surface area contributed by atoms with E-state index in [1.165, 1.54) is 13.8 Å². The van der Waals surface area contributed by atoms with E-state index >= 15 is 0 Å². The molecule has 0 aliphatic rings. The third kappa shape index (κ3) is 7.78. The molecule has 11 heteroatoms. The van der Waals surface area contributed by atoms with Crippen LogP contribution in [0.2, 0.25) is 0 Å². The molecule has 8 nitrogen and oxygen atoms in total. The van der Waals surface area contributed by atoms with Gasteiger partial charge in [-0.2, -0.15) is 18.2 Å². The lowest BCUT2D eigenvalue weighted by molar-refractivity contribution is -1.91. The first-order valence-corrected chi connectivity index (χ1v) is 10.8. The van der Waals surface area contributed by atoms with E-state index in [-0.39, 0.29) is 13.2 Å². The molecule has 0 heterocycles. The normalized spacial score (nSPS) is 16.3. The van der Waals surface area contributed by atoms with Crippen molar-refractivity contribution in [3.63, 3.8) is 0 Å². The molecule has 0 atom stereocenters. The van der Waals surface area contributed by atoms with Gasteiger partial charge in [-0.1, -0.05) is 9.35 Å². The Hall–Kier alpha value is 0.430. The maximum Gasteiger partial charge on any atom is 0.349 e. The molecular formula is C7H18ClO8PS.